The van der Waals surface area contributed by atoms with E-state index in [9.17, 15) is 18.0 Å². The van der Waals surface area contributed by atoms with Crippen LogP contribution in [0.2, 0.25) is 0 Å². The van der Waals surface area contributed by atoms with Gasteiger partial charge in [-0.1, -0.05) is 0 Å². The number of amides is 1. The molecule has 1 rings (SSSR count). The Morgan fingerprint density at radius 1 is 1.37 bits per heavy atom. The molecule has 0 aliphatic heterocycles. The van der Waals surface area contributed by atoms with Crippen LogP contribution in [0, 0.1) is 11.3 Å². The van der Waals surface area contributed by atoms with Crippen LogP contribution in [0.1, 0.15) is 18.1 Å². The zero-order valence-corrected chi connectivity index (χ0v) is 10.1. The van der Waals surface area contributed by atoms with Crippen molar-refractivity contribution in [2.24, 2.45) is 0 Å². The fourth-order valence-electron chi connectivity index (χ4n) is 1.43. The number of rotatable bonds is 4. The van der Waals surface area contributed by atoms with Gasteiger partial charge >= 0.3 is 6.18 Å². The average molecular weight is 271 g/mol. The topological polar surface area (TPSA) is 64.9 Å². The van der Waals surface area contributed by atoms with Crippen LogP contribution in [0.25, 0.3) is 0 Å². The molecule has 0 aliphatic rings. The summed E-state index contributed by atoms with van der Waals surface area (Å²) in [5.41, 5.74) is -1.14. The predicted octanol–water partition coefficient (Wildman–Crippen LogP) is 2.13. The Hall–Kier alpha value is -2.23. The van der Waals surface area contributed by atoms with E-state index in [4.69, 9.17) is 5.26 Å². The highest BCUT2D eigenvalue weighted by atomic mass is 19.4. The summed E-state index contributed by atoms with van der Waals surface area (Å²) in [5, 5.41) is 13.9. The number of hydrogen-bond donors (Lipinski definition) is 2. The van der Waals surface area contributed by atoms with Gasteiger partial charge in [0.2, 0.25) is 5.91 Å². The van der Waals surface area contributed by atoms with Crippen LogP contribution in [-0.4, -0.2) is 19.0 Å². The number of alkyl halides is 3. The summed E-state index contributed by atoms with van der Waals surface area (Å²) >= 11 is 0. The third-order valence-electron chi connectivity index (χ3n) is 2.27. The van der Waals surface area contributed by atoms with Crippen molar-refractivity contribution in [3.8, 4) is 6.07 Å². The van der Waals surface area contributed by atoms with Crippen LogP contribution in [0.4, 0.5) is 18.9 Å². The summed E-state index contributed by atoms with van der Waals surface area (Å²) in [6.07, 6.45) is -4.57. The van der Waals surface area contributed by atoms with Crippen molar-refractivity contribution in [2.45, 2.75) is 13.1 Å². The number of nitrogens with one attached hydrogen (secondary N) is 2. The third-order valence-corrected chi connectivity index (χ3v) is 2.27. The van der Waals surface area contributed by atoms with Crippen molar-refractivity contribution in [3.63, 3.8) is 0 Å². The summed E-state index contributed by atoms with van der Waals surface area (Å²) in [4.78, 5) is 10.6. The Morgan fingerprint density at radius 2 is 2.05 bits per heavy atom. The van der Waals surface area contributed by atoms with Crippen LogP contribution in [-0.2, 0) is 11.0 Å². The molecule has 0 atom stereocenters. The van der Waals surface area contributed by atoms with Gasteiger partial charge in [0.05, 0.1) is 17.2 Å². The number of nitrogens with zero attached hydrogens (tertiary/aromatic N) is 1. The summed E-state index contributed by atoms with van der Waals surface area (Å²) in [6, 6.07) is 4.89. The van der Waals surface area contributed by atoms with Gasteiger partial charge in [-0.3, -0.25) is 4.79 Å². The third kappa shape index (κ3) is 4.50. The van der Waals surface area contributed by atoms with Crippen molar-refractivity contribution in [1.29, 1.82) is 5.26 Å². The lowest BCUT2D eigenvalue weighted by Gasteiger charge is -2.12. The number of hydrogen-bond acceptors (Lipinski definition) is 3. The van der Waals surface area contributed by atoms with Gasteiger partial charge in [0.15, 0.2) is 0 Å². The molecular formula is C12H12F3N3O. The van der Waals surface area contributed by atoms with Crippen molar-refractivity contribution in [2.75, 3.05) is 18.4 Å². The van der Waals surface area contributed by atoms with E-state index >= 15 is 0 Å². The van der Waals surface area contributed by atoms with Gasteiger partial charge < -0.3 is 10.6 Å². The Labute approximate surface area is 108 Å². The quantitative estimate of drug-likeness (QED) is 0.824. The first-order valence-electron chi connectivity index (χ1n) is 5.44. The van der Waals surface area contributed by atoms with Gasteiger partial charge in [0.25, 0.3) is 0 Å². The van der Waals surface area contributed by atoms with Crippen molar-refractivity contribution >= 4 is 11.6 Å². The van der Waals surface area contributed by atoms with Crippen LogP contribution < -0.4 is 10.6 Å². The number of benzene rings is 1. The SMILES string of the molecule is CC(=O)NCCNc1ccc(C#N)c(C(F)(F)F)c1. The first-order chi connectivity index (χ1) is 8.84. The second kappa shape index (κ2) is 6.09. The average Bonchev–Trinajstić information content (AvgIpc) is 2.33. The molecule has 2 N–H and O–H groups in total. The molecule has 1 amide bonds. The van der Waals surface area contributed by atoms with E-state index in [0.717, 1.165) is 12.1 Å². The monoisotopic (exact) mass is 271 g/mol. The molecule has 0 heterocycles. The lowest BCUT2D eigenvalue weighted by molar-refractivity contribution is -0.137. The van der Waals surface area contributed by atoms with E-state index in [2.05, 4.69) is 10.6 Å². The number of carbonyl (C=O) groups excluding carboxylic acids is 1. The lowest BCUT2D eigenvalue weighted by atomic mass is 10.1. The minimum Gasteiger partial charge on any atom is -0.383 e. The standard InChI is InChI=1S/C12H12F3N3O/c1-8(19)17-4-5-18-10-3-2-9(7-16)11(6-10)12(13,14)15/h2-3,6,18H,4-5H2,1H3,(H,17,19). The first kappa shape index (κ1) is 14.8. The molecule has 0 saturated heterocycles. The lowest BCUT2D eigenvalue weighted by Crippen LogP contribution is -2.26. The number of halogens is 3. The first-order valence-corrected chi connectivity index (χ1v) is 5.44. The van der Waals surface area contributed by atoms with Crippen molar-refractivity contribution < 1.29 is 18.0 Å². The number of carbonyl (C=O) groups is 1. The fourth-order valence-corrected chi connectivity index (χ4v) is 1.43. The maximum atomic E-state index is 12.7. The molecule has 1 aromatic carbocycles. The van der Waals surface area contributed by atoms with E-state index in [1.165, 1.54) is 19.1 Å². The van der Waals surface area contributed by atoms with Crippen LogP contribution >= 0.6 is 0 Å². The molecule has 0 unspecified atom stereocenters. The molecule has 19 heavy (non-hydrogen) atoms. The molecule has 0 fully saturated rings. The van der Waals surface area contributed by atoms with Gasteiger partial charge in [-0.05, 0) is 18.2 Å². The summed E-state index contributed by atoms with van der Waals surface area (Å²) < 4.78 is 38.0. The smallest absolute Gasteiger partial charge is 0.383 e. The number of anilines is 1. The van der Waals surface area contributed by atoms with Crippen molar-refractivity contribution in [1.82, 2.24) is 5.32 Å². The maximum Gasteiger partial charge on any atom is 0.417 e. The molecular weight excluding hydrogens is 259 g/mol. The second-order valence-electron chi connectivity index (χ2n) is 3.78. The molecule has 0 radical (unpaired) electrons. The van der Waals surface area contributed by atoms with E-state index in [1.54, 1.807) is 0 Å². The van der Waals surface area contributed by atoms with Crippen LogP contribution in [0.5, 0.6) is 0 Å². The molecule has 0 bridgehead atoms. The zero-order chi connectivity index (χ0) is 14.5. The Bertz CT molecular complexity index is 506. The Balaban J connectivity index is 2.77. The number of nitriles is 1. The largest absolute Gasteiger partial charge is 0.417 e. The molecule has 0 aromatic heterocycles. The summed E-state index contributed by atoms with van der Waals surface area (Å²) in [7, 11) is 0. The minimum atomic E-state index is -4.57. The van der Waals surface area contributed by atoms with Gasteiger partial charge in [-0.25, -0.2) is 0 Å². The summed E-state index contributed by atoms with van der Waals surface area (Å²) in [6.45, 7) is 1.95. The van der Waals surface area contributed by atoms with Crippen LogP contribution in [0.3, 0.4) is 0 Å². The molecule has 4 nitrogen and oxygen atoms in total. The minimum absolute atomic E-state index is 0.211. The van der Waals surface area contributed by atoms with E-state index in [0.29, 0.717) is 13.1 Å². The molecule has 0 aliphatic carbocycles. The van der Waals surface area contributed by atoms with Gasteiger partial charge in [0, 0.05) is 25.7 Å². The Kier molecular flexibility index (Phi) is 4.75. The van der Waals surface area contributed by atoms with Gasteiger partial charge in [0.1, 0.15) is 0 Å². The highest BCUT2D eigenvalue weighted by Gasteiger charge is 2.33. The molecule has 102 valence electrons. The van der Waals surface area contributed by atoms with Crippen molar-refractivity contribution in [3.05, 3.63) is 29.3 Å². The Morgan fingerprint density at radius 3 is 2.58 bits per heavy atom. The van der Waals surface area contributed by atoms with E-state index in [-0.39, 0.29) is 11.6 Å². The van der Waals surface area contributed by atoms with Gasteiger partial charge in [-0.2, -0.15) is 18.4 Å². The maximum absolute atomic E-state index is 12.7. The molecule has 0 spiro atoms. The molecule has 0 saturated carbocycles. The van der Waals surface area contributed by atoms with Crippen LogP contribution in [0.15, 0.2) is 18.2 Å². The zero-order valence-electron chi connectivity index (χ0n) is 10.1. The van der Waals surface area contributed by atoms with E-state index in [1.807, 2.05) is 0 Å². The highest BCUT2D eigenvalue weighted by Crippen LogP contribution is 2.33. The fraction of sp³-hybridized carbons (Fsp3) is 0.333. The normalized spacial score (nSPS) is 10.7. The van der Waals surface area contributed by atoms with E-state index < -0.39 is 17.3 Å². The molecule has 7 heteroatoms. The second-order valence-corrected chi connectivity index (χ2v) is 3.78. The highest BCUT2D eigenvalue weighted by molar-refractivity contribution is 5.72. The molecule has 1 aromatic rings. The summed E-state index contributed by atoms with van der Waals surface area (Å²) in [5.74, 6) is -0.211. The predicted molar refractivity (Wildman–Crippen MR) is 63.3 cm³/mol. The van der Waals surface area contributed by atoms with Gasteiger partial charge in [-0.15, -0.1) is 0 Å².